The molecule has 0 saturated heterocycles. The van der Waals surface area contributed by atoms with Gasteiger partial charge in [-0.25, -0.2) is 13.6 Å². The molecule has 0 amide bonds. The van der Waals surface area contributed by atoms with E-state index in [1.807, 2.05) is 0 Å². The number of halogens is 2. The summed E-state index contributed by atoms with van der Waals surface area (Å²) in [4.78, 5) is 22.0. The van der Waals surface area contributed by atoms with Gasteiger partial charge in [0.1, 0.15) is 0 Å². The van der Waals surface area contributed by atoms with Crippen LogP contribution in [0.25, 0.3) is 0 Å². The lowest BCUT2D eigenvalue weighted by atomic mass is 9.97. The molecule has 4 nitrogen and oxygen atoms in total. The summed E-state index contributed by atoms with van der Waals surface area (Å²) in [5, 5.41) is 8.66. The summed E-state index contributed by atoms with van der Waals surface area (Å²) in [7, 11) is 1.07. The van der Waals surface area contributed by atoms with E-state index in [4.69, 9.17) is 5.26 Å². The van der Waals surface area contributed by atoms with Gasteiger partial charge in [0.05, 0.1) is 24.3 Å². The van der Waals surface area contributed by atoms with Crippen molar-refractivity contribution in [2.75, 3.05) is 7.11 Å². The van der Waals surface area contributed by atoms with Gasteiger partial charge >= 0.3 is 5.97 Å². The number of nitriles is 1. The Labute approximate surface area is 95.4 Å². The molecule has 0 fully saturated rings. The van der Waals surface area contributed by atoms with Crippen LogP contribution in [0.15, 0.2) is 12.1 Å². The van der Waals surface area contributed by atoms with Gasteiger partial charge < -0.3 is 4.74 Å². The number of alkyl halides is 2. The van der Waals surface area contributed by atoms with Gasteiger partial charge in [0, 0.05) is 11.1 Å². The summed E-state index contributed by atoms with van der Waals surface area (Å²) in [5.74, 6) is -0.904. The molecule has 88 valence electrons. The number of hydrogen-bond acceptors (Lipinski definition) is 4. The molecule has 0 atom stereocenters. The maximum absolute atomic E-state index is 12.7. The van der Waals surface area contributed by atoms with E-state index in [9.17, 15) is 18.4 Å². The minimum atomic E-state index is -3.02. The number of aldehydes is 1. The average Bonchev–Trinajstić information content (AvgIpc) is 2.35. The summed E-state index contributed by atoms with van der Waals surface area (Å²) in [6.07, 6.45) is -2.90. The number of esters is 1. The molecule has 6 heteroatoms. The second kappa shape index (κ2) is 5.16. The minimum Gasteiger partial charge on any atom is -0.465 e. The van der Waals surface area contributed by atoms with Crippen LogP contribution < -0.4 is 0 Å². The molecule has 1 rings (SSSR count). The third kappa shape index (κ3) is 2.28. The van der Waals surface area contributed by atoms with Gasteiger partial charge in [-0.3, -0.25) is 4.79 Å². The molecule has 0 aliphatic carbocycles. The molecule has 0 N–H and O–H groups in total. The lowest BCUT2D eigenvalue weighted by Crippen LogP contribution is -2.09. The van der Waals surface area contributed by atoms with E-state index in [0.29, 0.717) is 0 Å². The van der Waals surface area contributed by atoms with Crippen LogP contribution in [0, 0.1) is 11.3 Å². The minimum absolute atomic E-state index is 0.120. The van der Waals surface area contributed by atoms with Crippen molar-refractivity contribution in [1.29, 1.82) is 5.26 Å². The van der Waals surface area contributed by atoms with E-state index in [1.165, 1.54) is 0 Å². The molecule has 0 radical (unpaired) electrons. The molecular formula is C11H7F2NO3. The second-order valence-corrected chi connectivity index (χ2v) is 3.01. The topological polar surface area (TPSA) is 67.2 Å². The number of benzene rings is 1. The maximum Gasteiger partial charge on any atom is 0.338 e. The van der Waals surface area contributed by atoms with Crippen LogP contribution in [-0.4, -0.2) is 19.4 Å². The van der Waals surface area contributed by atoms with Gasteiger partial charge in [0.25, 0.3) is 6.43 Å². The lowest BCUT2D eigenvalue weighted by molar-refractivity contribution is 0.0597. The van der Waals surface area contributed by atoms with Gasteiger partial charge in [0.15, 0.2) is 6.29 Å². The van der Waals surface area contributed by atoms with Gasteiger partial charge in [-0.2, -0.15) is 5.26 Å². The highest BCUT2D eigenvalue weighted by Gasteiger charge is 2.23. The first-order chi connectivity index (χ1) is 8.06. The standard InChI is InChI=1S/C11H7F2NO3/c1-17-11(16)7-3-2-6(4-14)9(10(12)13)8(7)5-15/h2-3,5,10H,1H3. The SMILES string of the molecule is COC(=O)c1ccc(C#N)c(C(F)F)c1C=O. The second-order valence-electron chi connectivity index (χ2n) is 3.01. The molecule has 0 bridgehead atoms. The first-order valence-electron chi connectivity index (χ1n) is 4.45. The Morgan fingerprint density at radius 2 is 2.18 bits per heavy atom. The van der Waals surface area contributed by atoms with E-state index in [2.05, 4.69) is 4.74 Å². The predicted molar refractivity (Wildman–Crippen MR) is 52.8 cm³/mol. The highest BCUT2D eigenvalue weighted by Crippen LogP contribution is 2.28. The zero-order valence-electron chi connectivity index (χ0n) is 8.74. The van der Waals surface area contributed by atoms with Crippen LogP contribution in [-0.2, 0) is 4.74 Å². The van der Waals surface area contributed by atoms with E-state index in [0.717, 1.165) is 19.2 Å². The lowest BCUT2D eigenvalue weighted by Gasteiger charge is -2.09. The zero-order chi connectivity index (χ0) is 13.0. The number of hydrogen-bond donors (Lipinski definition) is 0. The van der Waals surface area contributed by atoms with Crippen LogP contribution in [0.4, 0.5) is 8.78 Å². The van der Waals surface area contributed by atoms with Crippen molar-refractivity contribution in [2.24, 2.45) is 0 Å². The van der Waals surface area contributed by atoms with Crippen LogP contribution in [0.3, 0.4) is 0 Å². The van der Waals surface area contributed by atoms with Crippen LogP contribution >= 0.6 is 0 Å². The van der Waals surface area contributed by atoms with Crippen molar-refractivity contribution in [2.45, 2.75) is 6.43 Å². The maximum atomic E-state index is 12.7. The Morgan fingerprint density at radius 3 is 2.59 bits per heavy atom. The van der Waals surface area contributed by atoms with Crippen molar-refractivity contribution >= 4 is 12.3 Å². The fourth-order valence-electron chi connectivity index (χ4n) is 1.38. The average molecular weight is 239 g/mol. The molecular weight excluding hydrogens is 232 g/mol. The Kier molecular flexibility index (Phi) is 3.88. The Balaban J connectivity index is 3.59. The van der Waals surface area contributed by atoms with Gasteiger partial charge in [-0.1, -0.05) is 0 Å². The van der Waals surface area contributed by atoms with Crippen molar-refractivity contribution in [3.8, 4) is 6.07 Å². The largest absolute Gasteiger partial charge is 0.465 e. The number of methoxy groups -OCH3 is 1. The van der Waals surface area contributed by atoms with Crippen molar-refractivity contribution in [3.63, 3.8) is 0 Å². The molecule has 0 spiro atoms. The zero-order valence-corrected chi connectivity index (χ0v) is 8.74. The fourth-order valence-corrected chi connectivity index (χ4v) is 1.38. The summed E-state index contributed by atoms with van der Waals surface area (Å²) in [6.45, 7) is 0. The molecule has 0 unspecified atom stereocenters. The molecule has 0 saturated carbocycles. The summed E-state index contributed by atoms with van der Waals surface area (Å²) in [6, 6.07) is 3.71. The molecule has 1 aromatic carbocycles. The molecule has 17 heavy (non-hydrogen) atoms. The van der Waals surface area contributed by atoms with E-state index >= 15 is 0 Å². The molecule has 0 aromatic heterocycles. The van der Waals surface area contributed by atoms with Crippen molar-refractivity contribution < 1.29 is 23.1 Å². The Bertz CT molecular complexity index is 506. The first kappa shape index (κ1) is 12.8. The van der Waals surface area contributed by atoms with Gasteiger partial charge in [0.2, 0.25) is 0 Å². The predicted octanol–water partition coefficient (Wildman–Crippen LogP) is 2.09. The number of ether oxygens (including phenoxy) is 1. The summed E-state index contributed by atoms with van der Waals surface area (Å²) < 4.78 is 29.9. The third-order valence-corrected chi connectivity index (χ3v) is 2.15. The summed E-state index contributed by atoms with van der Waals surface area (Å²) >= 11 is 0. The highest BCUT2D eigenvalue weighted by atomic mass is 19.3. The Morgan fingerprint density at radius 1 is 1.53 bits per heavy atom. The van der Waals surface area contributed by atoms with E-state index < -0.39 is 23.5 Å². The first-order valence-corrected chi connectivity index (χ1v) is 4.45. The quantitative estimate of drug-likeness (QED) is 0.598. The number of rotatable bonds is 3. The number of nitrogens with zero attached hydrogens (tertiary/aromatic N) is 1. The van der Waals surface area contributed by atoms with Crippen LogP contribution in [0.2, 0.25) is 0 Å². The monoisotopic (exact) mass is 239 g/mol. The molecule has 1 aromatic rings. The Hall–Kier alpha value is -2.29. The third-order valence-electron chi connectivity index (χ3n) is 2.15. The van der Waals surface area contributed by atoms with Crippen LogP contribution in [0.5, 0.6) is 0 Å². The fraction of sp³-hybridized carbons (Fsp3) is 0.182. The van der Waals surface area contributed by atoms with E-state index in [1.54, 1.807) is 6.07 Å². The van der Waals surface area contributed by atoms with Crippen molar-refractivity contribution in [1.82, 2.24) is 0 Å². The smallest absolute Gasteiger partial charge is 0.338 e. The van der Waals surface area contributed by atoms with E-state index in [-0.39, 0.29) is 17.4 Å². The van der Waals surface area contributed by atoms with Gasteiger partial charge in [-0.05, 0) is 12.1 Å². The van der Waals surface area contributed by atoms with Crippen LogP contribution in [0.1, 0.15) is 38.3 Å². The number of carbonyl (C=O) groups excluding carboxylic acids is 2. The normalized spacial score (nSPS) is 9.82. The molecule has 0 aliphatic rings. The molecule has 0 aliphatic heterocycles. The molecule has 0 heterocycles. The van der Waals surface area contributed by atoms with Gasteiger partial charge in [-0.15, -0.1) is 0 Å². The highest BCUT2D eigenvalue weighted by molar-refractivity contribution is 5.99. The van der Waals surface area contributed by atoms with Crippen molar-refractivity contribution in [3.05, 3.63) is 34.4 Å². The summed E-state index contributed by atoms with van der Waals surface area (Å²) in [5.41, 5.74) is -1.87. The number of carbonyl (C=O) groups is 2.